The monoisotopic (exact) mass is 349 g/mol. The Bertz CT molecular complexity index is 612. The van der Waals surface area contributed by atoms with Crippen LogP contribution in [-0.2, 0) is 17.1 Å². The van der Waals surface area contributed by atoms with E-state index in [4.69, 9.17) is 0 Å². The minimum atomic E-state index is -1.46. The molecule has 0 saturated heterocycles. The number of rotatable bonds is 3. The van der Waals surface area contributed by atoms with Crippen LogP contribution in [0.25, 0.3) is 0 Å². The van der Waals surface area contributed by atoms with E-state index in [0.29, 0.717) is 12.1 Å². The molecule has 22 heavy (non-hydrogen) atoms. The van der Waals surface area contributed by atoms with Crippen molar-refractivity contribution < 1.29 is 36.9 Å². The fourth-order valence-corrected chi connectivity index (χ4v) is 1.30. The first kappa shape index (κ1) is 19.2. The number of allylic oxidation sites excluding steroid dienone is 4. The fraction of sp³-hybridized carbons (Fsp3) is 0.0909. The summed E-state index contributed by atoms with van der Waals surface area (Å²) in [5.74, 6) is -1.46. The molecule has 0 aromatic heterocycles. The summed E-state index contributed by atoms with van der Waals surface area (Å²) in [6.45, 7) is 0. The van der Waals surface area contributed by atoms with E-state index in [9.17, 15) is 35.4 Å². The third-order valence-electron chi connectivity index (χ3n) is 2.22. The average molecular weight is 349 g/mol. The molecular weight excluding hydrogens is 342 g/mol. The summed E-state index contributed by atoms with van der Waals surface area (Å²) in [7, 11) is 0. The quantitative estimate of drug-likeness (QED) is 0.349. The zero-order valence-electron chi connectivity index (χ0n) is 10.6. The van der Waals surface area contributed by atoms with Gasteiger partial charge in [-0.1, -0.05) is 0 Å². The Hall–Kier alpha value is -2.78. The number of hydrogen-bond acceptors (Lipinski definition) is 7. The summed E-state index contributed by atoms with van der Waals surface area (Å²) in [4.78, 5) is 27.5. The van der Waals surface area contributed by atoms with Gasteiger partial charge in [0.05, 0.1) is 32.7 Å². The van der Waals surface area contributed by atoms with Crippen LogP contribution >= 0.6 is 0 Å². The molecule has 0 fully saturated rings. The first-order valence-electron chi connectivity index (χ1n) is 5.34. The van der Waals surface area contributed by atoms with Gasteiger partial charge in [0.15, 0.2) is 0 Å². The van der Waals surface area contributed by atoms with Gasteiger partial charge in [-0.05, 0) is 0 Å². The van der Waals surface area contributed by atoms with E-state index in [-0.39, 0.29) is 17.1 Å². The summed E-state index contributed by atoms with van der Waals surface area (Å²) in [6.07, 6.45) is 10.0. The molecule has 0 heterocycles. The standard InChI is InChI=1S/C6H3N3O7.C5H5.Fe/c10-6-4(8(13)14)1-3(7(11)12)2-5(6)9(15)16;1-2-4-5-3-1;/h1-2,10H;1-3H,4H2;/q;-1;+2/p-1. The van der Waals surface area contributed by atoms with E-state index >= 15 is 0 Å². The molecule has 11 heteroatoms. The first-order chi connectivity index (χ1) is 9.84. The number of benzene rings is 1. The van der Waals surface area contributed by atoms with Gasteiger partial charge in [-0.15, -0.1) is 6.42 Å². The maximum Gasteiger partial charge on any atom is 2.00 e. The van der Waals surface area contributed by atoms with Gasteiger partial charge in [-0.25, -0.2) is 12.2 Å². The normalized spacial score (nSPS) is 11.1. The number of hydrogen-bond donors (Lipinski definition) is 0. The van der Waals surface area contributed by atoms with E-state index in [0.717, 1.165) is 6.42 Å². The Morgan fingerprint density at radius 3 is 1.68 bits per heavy atom. The zero-order chi connectivity index (χ0) is 16.0. The van der Waals surface area contributed by atoms with Crippen LogP contribution in [0.2, 0.25) is 0 Å². The Kier molecular flexibility index (Phi) is 7.42. The van der Waals surface area contributed by atoms with Gasteiger partial charge in [-0.3, -0.25) is 36.4 Å². The van der Waals surface area contributed by atoms with Crippen LogP contribution in [0.3, 0.4) is 0 Å². The van der Waals surface area contributed by atoms with Crippen molar-refractivity contribution in [2.24, 2.45) is 0 Å². The van der Waals surface area contributed by atoms with Crippen molar-refractivity contribution in [3.05, 3.63) is 66.8 Å². The van der Waals surface area contributed by atoms with E-state index in [1.165, 1.54) is 0 Å². The summed E-state index contributed by atoms with van der Waals surface area (Å²) < 4.78 is 0. The molecule has 1 aliphatic carbocycles. The van der Waals surface area contributed by atoms with Gasteiger partial charge < -0.3 is 5.11 Å². The molecule has 1 aromatic carbocycles. The van der Waals surface area contributed by atoms with Crippen molar-refractivity contribution in [1.29, 1.82) is 0 Å². The molecule has 116 valence electrons. The van der Waals surface area contributed by atoms with E-state index < -0.39 is 37.6 Å². The maximum atomic E-state index is 11.1. The predicted octanol–water partition coefficient (Wildman–Crippen LogP) is 1.79. The van der Waals surface area contributed by atoms with Crippen LogP contribution in [0.5, 0.6) is 5.75 Å². The SMILES string of the molecule is O=[N+]([O-])c1cc([N+](=O)[O-])c([O-])c([N+](=O)[O-])c1.[C-]1=CC=CC1.[Fe+2]. The first-order valence-corrected chi connectivity index (χ1v) is 5.34. The van der Waals surface area contributed by atoms with Crippen LogP contribution in [0.4, 0.5) is 17.1 Å². The zero-order valence-corrected chi connectivity index (χ0v) is 11.8. The van der Waals surface area contributed by atoms with Crippen molar-refractivity contribution in [1.82, 2.24) is 0 Å². The Morgan fingerprint density at radius 1 is 0.955 bits per heavy atom. The summed E-state index contributed by atoms with van der Waals surface area (Å²) in [5.41, 5.74) is -3.26. The van der Waals surface area contributed by atoms with Gasteiger partial charge >= 0.3 is 17.1 Å². The van der Waals surface area contributed by atoms with Crippen molar-refractivity contribution in [3.8, 4) is 5.75 Å². The molecule has 0 radical (unpaired) electrons. The summed E-state index contributed by atoms with van der Waals surface area (Å²) >= 11 is 0. The third kappa shape index (κ3) is 4.96. The predicted molar refractivity (Wildman–Crippen MR) is 67.4 cm³/mol. The molecule has 0 unspecified atom stereocenters. The molecule has 0 atom stereocenters. The van der Waals surface area contributed by atoms with E-state index in [1.807, 2.05) is 12.2 Å². The van der Waals surface area contributed by atoms with E-state index in [2.05, 4.69) is 12.2 Å². The smallest absolute Gasteiger partial charge is 0.863 e. The van der Waals surface area contributed by atoms with Crippen LogP contribution < -0.4 is 5.11 Å². The number of nitro groups is 3. The topological polar surface area (TPSA) is 152 Å². The van der Waals surface area contributed by atoms with Crippen LogP contribution in [0, 0.1) is 36.4 Å². The van der Waals surface area contributed by atoms with Gasteiger partial charge in [0.2, 0.25) is 0 Å². The van der Waals surface area contributed by atoms with E-state index in [1.54, 1.807) is 0 Å². The Labute approximate surface area is 133 Å². The largest absolute Gasteiger partial charge is 2.00 e. The van der Waals surface area contributed by atoms with Crippen molar-refractivity contribution in [2.45, 2.75) is 6.42 Å². The minimum Gasteiger partial charge on any atom is -0.863 e. The van der Waals surface area contributed by atoms with Crippen molar-refractivity contribution in [2.75, 3.05) is 0 Å². The second-order valence-electron chi connectivity index (χ2n) is 3.59. The molecule has 1 aliphatic rings. The average Bonchev–Trinajstić information content (AvgIpc) is 2.96. The molecule has 0 amide bonds. The summed E-state index contributed by atoms with van der Waals surface area (Å²) in [6, 6.07) is 0.769. The Balaban J connectivity index is 0.000000622. The molecular formula is C11H7FeN3O7. The van der Waals surface area contributed by atoms with Crippen LogP contribution in [0.15, 0.2) is 30.4 Å². The van der Waals surface area contributed by atoms with Gasteiger partial charge in [0, 0.05) is 0 Å². The number of nitro benzene ring substituents is 3. The van der Waals surface area contributed by atoms with Gasteiger partial charge in [0.25, 0.3) is 17.1 Å². The molecule has 0 saturated carbocycles. The van der Waals surface area contributed by atoms with Crippen molar-refractivity contribution >= 4 is 17.1 Å². The Morgan fingerprint density at radius 2 is 1.45 bits per heavy atom. The second-order valence-corrected chi connectivity index (χ2v) is 3.59. The molecule has 10 nitrogen and oxygen atoms in total. The number of nitrogens with zero attached hydrogens (tertiary/aromatic N) is 3. The van der Waals surface area contributed by atoms with Crippen molar-refractivity contribution in [3.63, 3.8) is 0 Å². The maximum absolute atomic E-state index is 11.1. The molecule has 0 N–H and O–H groups in total. The fourth-order valence-electron chi connectivity index (χ4n) is 1.30. The van der Waals surface area contributed by atoms with Gasteiger partial charge in [-0.2, -0.15) is 6.08 Å². The molecule has 1 aromatic rings. The summed E-state index contributed by atoms with van der Waals surface area (Å²) in [5, 5.41) is 42.1. The molecule has 0 bridgehead atoms. The number of non-ortho nitro benzene ring substituents is 1. The molecule has 0 spiro atoms. The van der Waals surface area contributed by atoms with Gasteiger partial charge in [0.1, 0.15) is 0 Å². The van der Waals surface area contributed by atoms with Crippen LogP contribution in [0.1, 0.15) is 6.42 Å². The molecule has 0 aliphatic heterocycles. The molecule has 2 rings (SSSR count). The second kappa shape index (κ2) is 8.49. The minimum absolute atomic E-state index is 0. The van der Waals surface area contributed by atoms with Crippen LogP contribution in [-0.4, -0.2) is 14.8 Å². The third-order valence-corrected chi connectivity index (χ3v) is 2.22.